The Hall–Kier alpha value is -1.26. The highest BCUT2D eigenvalue weighted by Crippen LogP contribution is 2.25. The molecule has 0 aliphatic carbocycles. The molecule has 1 saturated heterocycles. The molecule has 0 N–H and O–H groups in total. The van der Waals surface area contributed by atoms with E-state index in [9.17, 15) is 9.18 Å². The zero-order valence-electron chi connectivity index (χ0n) is 10.3. The van der Waals surface area contributed by atoms with Gasteiger partial charge in [0.15, 0.2) is 6.29 Å². The van der Waals surface area contributed by atoms with Crippen LogP contribution in [-0.2, 0) is 20.9 Å². The Kier molecular flexibility index (Phi) is 4.44. The van der Waals surface area contributed by atoms with Crippen LogP contribution in [0.25, 0.3) is 0 Å². The first kappa shape index (κ1) is 13.2. The van der Waals surface area contributed by atoms with Crippen LogP contribution in [0.15, 0.2) is 30.3 Å². The van der Waals surface area contributed by atoms with Crippen molar-refractivity contribution in [2.75, 3.05) is 6.61 Å². The second-order valence-electron chi connectivity index (χ2n) is 4.62. The number of benzene rings is 1. The summed E-state index contributed by atoms with van der Waals surface area (Å²) in [7, 11) is 0. The first-order chi connectivity index (χ1) is 8.72. The average Bonchev–Trinajstić information content (AvgIpc) is 2.41. The zero-order chi connectivity index (χ0) is 13.0. The molecule has 1 aliphatic rings. The molecule has 0 amide bonds. The number of hydrogen-bond acceptors (Lipinski definition) is 3. The predicted molar refractivity (Wildman–Crippen MR) is 64.9 cm³/mol. The normalized spacial score (nSPS) is 32.1. The van der Waals surface area contributed by atoms with E-state index in [4.69, 9.17) is 9.47 Å². The Morgan fingerprint density at radius 1 is 1.44 bits per heavy atom. The molecule has 0 saturated carbocycles. The van der Waals surface area contributed by atoms with Crippen LogP contribution in [-0.4, -0.2) is 31.3 Å². The summed E-state index contributed by atoms with van der Waals surface area (Å²) in [5.74, 6) is -0.248. The van der Waals surface area contributed by atoms with Crippen molar-refractivity contribution in [2.45, 2.75) is 31.9 Å². The minimum atomic E-state index is -1.17. The molecule has 1 aliphatic heterocycles. The molecule has 4 heteroatoms. The van der Waals surface area contributed by atoms with Crippen molar-refractivity contribution in [3.05, 3.63) is 35.9 Å². The van der Waals surface area contributed by atoms with Gasteiger partial charge >= 0.3 is 0 Å². The van der Waals surface area contributed by atoms with Crippen molar-refractivity contribution in [2.24, 2.45) is 5.92 Å². The van der Waals surface area contributed by atoms with Gasteiger partial charge in [0.1, 0.15) is 18.4 Å². The topological polar surface area (TPSA) is 35.5 Å². The van der Waals surface area contributed by atoms with Crippen LogP contribution in [0.4, 0.5) is 4.39 Å². The van der Waals surface area contributed by atoms with Gasteiger partial charge in [0.05, 0.1) is 13.2 Å². The smallest absolute Gasteiger partial charge is 0.151 e. The minimum absolute atomic E-state index is 0.248. The molecule has 3 nitrogen and oxygen atoms in total. The maximum atomic E-state index is 14.0. The third-order valence-electron chi connectivity index (χ3n) is 3.15. The van der Waals surface area contributed by atoms with Gasteiger partial charge in [-0.1, -0.05) is 37.3 Å². The van der Waals surface area contributed by atoms with E-state index in [-0.39, 0.29) is 19.1 Å². The van der Waals surface area contributed by atoms with E-state index < -0.39 is 18.4 Å². The van der Waals surface area contributed by atoms with Crippen LogP contribution in [0, 0.1) is 5.92 Å². The molecule has 1 unspecified atom stereocenters. The Bertz CT molecular complexity index is 382. The second kappa shape index (κ2) is 6.07. The molecule has 18 heavy (non-hydrogen) atoms. The highest BCUT2D eigenvalue weighted by Gasteiger charge is 2.39. The Morgan fingerprint density at radius 2 is 2.17 bits per heavy atom. The van der Waals surface area contributed by atoms with Gasteiger partial charge in [0, 0.05) is 5.92 Å². The Morgan fingerprint density at radius 3 is 2.83 bits per heavy atom. The number of carbonyl (C=O) groups is 1. The standard InChI is InChI=1S/C14H17FO3/c1-10-8-17-12(7-16)14(13(10)15)18-9-11-5-3-2-4-6-11/h2-7,10,12-14H,8-9H2,1H3/t10-,12+,13-,14?/m0/s1. The van der Waals surface area contributed by atoms with Gasteiger partial charge in [-0.25, -0.2) is 4.39 Å². The van der Waals surface area contributed by atoms with Crippen molar-refractivity contribution >= 4 is 6.29 Å². The van der Waals surface area contributed by atoms with Gasteiger partial charge in [-0.3, -0.25) is 0 Å². The Balaban J connectivity index is 1.98. The summed E-state index contributed by atoms with van der Waals surface area (Å²) in [5.41, 5.74) is 0.951. The lowest BCUT2D eigenvalue weighted by Gasteiger charge is -2.35. The maximum Gasteiger partial charge on any atom is 0.151 e. The van der Waals surface area contributed by atoms with E-state index in [1.807, 2.05) is 30.3 Å². The van der Waals surface area contributed by atoms with Crippen LogP contribution < -0.4 is 0 Å². The summed E-state index contributed by atoms with van der Waals surface area (Å²) in [6, 6.07) is 9.49. The van der Waals surface area contributed by atoms with E-state index in [1.54, 1.807) is 6.92 Å². The molecular formula is C14H17FO3. The Labute approximate surface area is 106 Å². The third kappa shape index (κ3) is 2.94. The fraction of sp³-hybridized carbons (Fsp3) is 0.500. The fourth-order valence-electron chi connectivity index (χ4n) is 2.02. The van der Waals surface area contributed by atoms with Gasteiger partial charge in [0.2, 0.25) is 0 Å². The maximum absolute atomic E-state index is 14.0. The SMILES string of the molecule is C[C@H]1CO[C@H](C=O)C(OCc2ccccc2)[C@H]1F. The highest BCUT2D eigenvalue weighted by atomic mass is 19.1. The molecule has 1 heterocycles. The number of halogens is 1. The average molecular weight is 252 g/mol. The number of ether oxygens (including phenoxy) is 2. The van der Waals surface area contributed by atoms with Crippen molar-refractivity contribution in [3.8, 4) is 0 Å². The van der Waals surface area contributed by atoms with Gasteiger partial charge in [0.25, 0.3) is 0 Å². The summed E-state index contributed by atoms with van der Waals surface area (Å²) in [4.78, 5) is 10.9. The number of alkyl halides is 1. The molecule has 0 aromatic heterocycles. The summed E-state index contributed by atoms with van der Waals surface area (Å²) in [5, 5.41) is 0. The first-order valence-corrected chi connectivity index (χ1v) is 6.09. The van der Waals surface area contributed by atoms with Gasteiger partial charge < -0.3 is 14.3 Å². The van der Waals surface area contributed by atoms with Crippen molar-refractivity contribution in [1.29, 1.82) is 0 Å². The van der Waals surface area contributed by atoms with Crippen LogP contribution >= 0.6 is 0 Å². The number of rotatable bonds is 4. The van der Waals surface area contributed by atoms with Crippen LogP contribution in [0.5, 0.6) is 0 Å². The lowest BCUT2D eigenvalue weighted by Crippen LogP contribution is -2.49. The van der Waals surface area contributed by atoms with E-state index in [2.05, 4.69) is 0 Å². The highest BCUT2D eigenvalue weighted by molar-refractivity contribution is 5.57. The van der Waals surface area contributed by atoms with Crippen LogP contribution in [0.1, 0.15) is 12.5 Å². The largest absolute Gasteiger partial charge is 0.367 e. The lowest BCUT2D eigenvalue weighted by molar-refractivity contribution is -0.168. The quantitative estimate of drug-likeness (QED) is 0.770. The summed E-state index contributed by atoms with van der Waals surface area (Å²) >= 11 is 0. The zero-order valence-corrected chi connectivity index (χ0v) is 10.3. The summed E-state index contributed by atoms with van der Waals surface area (Å²) in [6.45, 7) is 2.30. The van der Waals surface area contributed by atoms with E-state index >= 15 is 0 Å². The monoisotopic (exact) mass is 252 g/mol. The van der Waals surface area contributed by atoms with Crippen LogP contribution in [0.3, 0.4) is 0 Å². The van der Waals surface area contributed by atoms with Gasteiger partial charge in [-0.2, -0.15) is 0 Å². The fourth-order valence-corrected chi connectivity index (χ4v) is 2.02. The molecular weight excluding hydrogens is 235 g/mol. The van der Waals surface area contributed by atoms with E-state index in [1.165, 1.54) is 0 Å². The molecule has 98 valence electrons. The molecule has 0 bridgehead atoms. The van der Waals surface area contributed by atoms with Crippen molar-refractivity contribution in [3.63, 3.8) is 0 Å². The molecule has 1 aromatic rings. The number of carbonyl (C=O) groups excluding carboxylic acids is 1. The van der Waals surface area contributed by atoms with E-state index in [0.29, 0.717) is 6.29 Å². The van der Waals surface area contributed by atoms with Crippen molar-refractivity contribution in [1.82, 2.24) is 0 Å². The van der Waals surface area contributed by atoms with E-state index in [0.717, 1.165) is 5.56 Å². The van der Waals surface area contributed by atoms with Gasteiger partial charge in [-0.05, 0) is 5.56 Å². The number of hydrogen-bond donors (Lipinski definition) is 0. The molecule has 1 fully saturated rings. The first-order valence-electron chi connectivity index (χ1n) is 6.09. The summed E-state index contributed by atoms with van der Waals surface area (Å²) < 4.78 is 24.8. The third-order valence-corrected chi connectivity index (χ3v) is 3.15. The van der Waals surface area contributed by atoms with Crippen LogP contribution in [0.2, 0.25) is 0 Å². The molecule has 0 radical (unpaired) electrons. The molecule has 0 spiro atoms. The molecule has 1 aromatic carbocycles. The second-order valence-corrected chi connectivity index (χ2v) is 4.62. The predicted octanol–water partition coefficient (Wildman–Crippen LogP) is 2.14. The van der Waals surface area contributed by atoms with Gasteiger partial charge in [-0.15, -0.1) is 0 Å². The number of aldehydes is 1. The molecule has 2 rings (SSSR count). The lowest BCUT2D eigenvalue weighted by atomic mass is 9.95. The van der Waals surface area contributed by atoms with Crippen molar-refractivity contribution < 1.29 is 18.7 Å². The molecule has 4 atom stereocenters. The minimum Gasteiger partial charge on any atom is -0.367 e. The summed E-state index contributed by atoms with van der Waals surface area (Å²) in [6.07, 6.45) is -2.17.